The van der Waals surface area contributed by atoms with Crippen molar-refractivity contribution in [2.45, 2.75) is 56.3 Å². The Kier molecular flexibility index (Phi) is 4.96. The Hall–Kier alpha value is -2.29. The highest BCUT2D eigenvalue weighted by Crippen LogP contribution is 2.40. The Morgan fingerprint density at radius 3 is 2.62 bits per heavy atom. The number of nitrogens with one attached hydrogen (secondary N) is 1. The zero-order valence-corrected chi connectivity index (χ0v) is 16.2. The number of aromatic amines is 1. The number of hydrogen-bond acceptors (Lipinski definition) is 3. The Labute approximate surface area is 165 Å². The fourth-order valence-electron chi connectivity index (χ4n) is 4.68. The maximum absolute atomic E-state index is 13.5. The van der Waals surface area contributed by atoms with E-state index in [2.05, 4.69) is 4.98 Å². The number of ether oxygens (including phenoxy) is 1. The fraction of sp³-hybridized carbons (Fsp3) is 0.600. The summed E-state index contributed by atoms with van der Waals surface area (Å²) in [7, 11) is 1.03. The number of methoxy groups -OCH3 is 1. The number of aromatic nitrogens is 2. The van der Waals surface area contributed by atoms with Crippen LogP contribution in [0.2, 0.25) is 0 Å². The molecule has 4 rings (SSSR count). The van der Waals surface area contributed by atoms with E-state index >= 15 is 0 Å². The molecule has 0 radical (unpaired) electrons. The fourth-order valence-corrected chi connectivity index (χ4v) is 4.68. The molecule has 6 nitrogen and oxygen atoms in total. The number of carbonyl (C=O) groups is 1. The van der Waals surface area contributed by atoms with Gasteiger partial charge in [0, 0.05) is 25.3 Å². The standard InChI is InChI=1S/C20H24F3N3O3/c1-29-19(20(21,22)23)9-4-10-25(12-19)17(27)13-7-8-16-15(11-13)24-18(28)26(16)14-5-2-3-6-14/h7-8,11,14H,2-6,9-10,12H2,1H3,(H,24,28). The molecule has 2 aliphatic rings. The monoisotopic (exact) mass is 411 g/mol. The summed E-state index contributed by atoms with van der Waals surface area (Å²) in [6, 6.07) is 4.99. The normalized spacial score (nSPS) is 23.8. The molecule has 2 heterocycles. The largest absolute Gasteiger partial charge is 0.419 e. The number of piperidine rings is 1. The van der Waals surface area contributed by atoms with Crippen molar-refractivity contribution in [1.29, 1.82) is 0 Å². The number of fused-ring (bicyclic) bond motifs is 1. The lowest BCUT2D eigenvalue weighted by atomic mass is 9.91. The minimum Gasteiger partial charge on any atom is -0.367 e. The Morgan fingerprint density at radius 2 is 1.97 bits per heavy atom. The van der Waals surface area contributed by atoms with Gasteiger partial charge in [0.25, 0.3) is 5.91 Å². The van der Waals surface area contributed by atoms with Crippen LogP contribution in [0.15, 0.2) is 23.0 Å². The first-order valence-electron chi connectivity index (χ1n) is 9.91. The SMILES string of the molecule is COC1(C(F)(F)F)CCCN(C(=O)c2ccc3c(c2)[nH]c(=O)n3C2CCCC2)C1. The van der Waals surface area contributed by atoms with Crippen LogP contribution >= 0.6 is 0 Å². The van der Waals surface area contributed by atoms with E-state index in [1.54, 1.807) is 22.8 Å². The van der Waals surface area contributed by atoms with E-state index in [-0.39, 0.29) is 36.7 Å². The van der Waals surface area contributed by atoms with Crippen LogP contribution in [-0.2, 0) is 4.74 Å². The minimum absolute atomic E-state index is 0.147. The number of carbonyl (C=O) groups excluding carboxylic acids is 1. The maximum Gasteiger partial charge on any atom is 0.419 e. The number of nitrogens with zero attached hydrogens (tertiary/aromatic N) is 2. The lowest BCUT2D eigenvalue weighted by Gasteiger charge is -2.42. The van der Waals surface area contributed by atoms with Gasteiger partial charge in [-0.1, -0.05) is 12.8 Å². The quantitative estimate of drug-likeness (QED) is 0.839. The zero-order chi connectivity index (χ0) is 20.8. The minimum atomic E-state index is -4.56. The molecule has 158 valence electrons. The molecule has 1 saturated heterocycles. The van der Waals surface area contributed by atoms with Crippen LogP contribution in [0.5, 0.6) is 0 Å². The molecule has 1 amide bonds. The van der Waals surface area contributed by atoms with Gasteiger partial charge in [0.05, 0.1) is 17.6 Å². The number of likely N-dealkylation sites (tertiary alicyclic amines) is 1. The smallest absolute Gasteiger partial charge is 0.367 e. The summed E-state index contributed by atoms with van der Waals surface area (Å²) < 4.78 is 47.2. The van der Waals surface area contributed by atoms with Crippen molar-refractivity contribution < 1.29 is 22.7 Å². The number of imidazole rings is 1. The van der Waals surface area contributed by atoms with Crippen molar-refractivity contribution in [3.8, 4) is 0 Å². The molecule has 1 N–H and O–H groups in total. The molecular weight excluding hydrogens is 387 g/mol. The molecule has 29 heavy (non-hydrogen) atoms. The third-order valence-corrected chi connectivity index (χ3v) is 6.30. The highest BCUT2D eigenvalue weighted by Gasteiger charge is 2.57. The molecule has 2 aromatic rings. The van der Waals surface area contributed by atoms with Gasteiger partial charge in [-0.2, -0.15) is 13.2 Å². The first-order valence-corrected chi connectivity index (χ1v) is 9.91. The van der Waals surface area contributed by atoms with Crippen molar-refractivity contribution in [2.75, 3.05) is 20.2 Å². The average Bonchev–Trinajstić information content (AvgIpc) is 3.32. The van der Waals surface area contributed by atoms with Gasteiger partial charge in [0.1, 0.15) is 0 Å². The molecule has 2 fully saturated rings. The molecule has 0 bridgehead atoms. The van der Waals surface area contributed by atoms with Crippen LogP contribution in [0.1, 0.15) is 54.9 Å². The second-order valence-corrected chi connectivity index (χ2v) is 8.00. The lowest BCUT2D eigenvalue weighted by Crippen LogP contribution is -2.59. The molecule has 9 heteroatoms. The summed E-state index contributed by atoms with van der Waals surface area (Å²) in [6.45, 7) is -0.304. The summed E-state index contributed by atoms with van der Waals surface area (Å²) in [5, 5.41) is 0. The number of rotatable bonds is 3. The molecule has 1 aliphatic heterocycles. The molecule has 1 aromatic heterocycles. The molecule has 1 aliphatic carbocycles. The van der Waals surface area contributed by atoms with Gasteiger partial charge in [-0.05, 0) is 43.9 Å². The van der Waals surface area contributed by atoms with E-state index in [4.69, 9.17) is 4.74 Å². The Balaban J connectivity index is 1.63. The Bertz CT molecular complexity index is 975. The van der Waals surface area contributed by atoms with Gasteiger partial charge in [-0.15, -0.1) is 0 Å². The number of benzene rings is 1. The van der Waals surface area contributed by atoms with E-state index in [0.29, 0.717) is 5.52 Å². The summed E-state index contributed by atoms with van der Waals surface area (Å²) >= 11 is 0. The maximum atomic E-state index is 13.5. The van der Waals surface area contributed by atoms with Crippen molar-refractivity contribution in [1.82, 2.24) is 14.5 Å². The van der Waals surface area contributed by atoms with E-state index in [0.717, 1.165) is 38.3 Å². The number of halogens is 3. The first-order chi connectivity index (χ1) is 13.8. The molecule has 1 unspecified atom stereocenters. The van der Waals surface area contributed by atoms with Crippen molar-refractivity contribution >= 4 is 16.9 Å². The predicted molar refractivity (Wildman–Crippen MR) is 101 cm³/mol. The summed E-state index contributed by atoms with van der Waals surface area (Å²) in [5.74, 6) is -0.494. The van der Waals surface area contributed by atoms with Gasteiger partial charge >= 0.3 is 11.9 Å². The molecule has 1 aromatic carbocycles. The van der Waals surface area contributed by atoms with Gasteiger partial charge in [-0.3, -0.25) is 9.36 Å². The lowest BCUT2D eigenvalue weighted by molar-refractivity contribution is -0.280. The molecular formula is C20H24F3N3O3. The second kappa shape index (κ2) is 7.19. The van der Waals surface area contributed by atoms with Gasteiger partial charge in [-0.25, -0.2) is 4.79 Å². The van der Waals surface area contributed by atoms with E-state index in [1.165, 1.54) is 4.90 Å². The van der Waals surface area contributed by atoms with Crippen molar-refractivity contribution in [3.63, 3.8) is 0 Å². The first kappa shape index (κ1) is 20.0. The van der Waals surface area contributed by atoms with Gasteiger partial charge < -0.3 is 14.6 Å². The zero-order valence-electron chi connectivity index (χ0n) is 16.2. The van der Waals surface area contributed by atoms with Crippen LogP contribution in [0.4, 0.5) is 13.2 Å². The highest BCUT2D eigenvalue weighted by atomic mass is 19.4. The number of amides is 1. The number of H-pyrrole nitrogens is 1. The van der Waals surface area contributed by atoms with E-state index < -0.39 is 24.2 Å². The van der Waals surface area contributed by atoms with E-state index in [9.17, 15) is 22.8 Å². The highest BCUT2D eigenvalue weighted by molar-refractivity contribution is 5.97. The van der Waals surface area contributed by atoms with Crippen LogP contribution < -0.4 is 5.69 Å². The third kappa shape index (κ3) is 3.35. The van der Waals surface area contributed by atoms with Crippen molar-refractivity contribution in [3.05, 3.63) is 34.2 Å². The summed E-state index contributed by atoms with van der Waals surface area (Å²) in [4.78, 5) is 29.3. The second-order valence-electron chi connectivity index (χ2n) is 8.00. The molecule has 1 atom stereocenters. The predicted octanol–water partition coefficient (Wildman–Crippen LogP) is 3.63. The van der Waals surface area contributed by atoms with Crippen molar-refractivity contribution in [2.24, 2.45) is 0 Å². The topological polar surface area (TPSA) is 67.3 Å². The van der Waals surface area contributed by atoms with E-state index in [1.807, 2.05) is 0 Å². The third-order valence-electron chi connectivity index (χ3n) is 6.30. The van der Waals surface area contributed by atoms with Crippen LogP contribution in [-0.4, -0.2) is 52.3 Å². The van der Waals surface area contributed by atoms with Crippen LogP contribution in [0, 0.1) is 0 Å². The van der Waals surface area contributed by atoms with Crippen LogP contribution in [0.3, 0.4) is 0 Å². The summed E-state index contributed by atoms with van der Waals surface area (Å²) in [5.41, 5.74) is -1.06. The number of hydrogen-bond donors (Lipinski definition) is 1. The molecule has 1 saturated carbocycles. The summed E-state index contributed by atoms with van der Waals surface area (Å²) in [6.07, 6.45) is -0.487. The van der Waals surface area contributed by atoms with Gasteiger partial charge in [0.15, 0.2) is 5.60 Å². The number of alkyl halides is 3. The average molecular weight is 411 g/mol. The van der Waals surface area contributed by atoms with Crippen LogP contribution in [0.25, 0.3) is 11.0 Å². The van der Waals surface area contributed by atoms with Gasteiger partial charge in [0.2, 0.25) is 0 Å². The molecule has 0 spiro atoms. The Morgan fingerprint density at radius 1 is 1.24 bits per heavy atom.